The number of fused-ring (bicyclic) bond motifs is 1. The van der Waals surface area contributed by atoms with Gasteiger partial charge in [-0.05, 0) is 25.8 Å². The normalized spacial score (nSPS) is 23.6. The van der Waals surface area contributed by atoms with Crippen molar-refractivity contribution in [2.45, 2.75) is 32.4 Å². The first-order valence-corrected chi connectivity index (χ1v) is 8.57. The van der Waals surface area contributed by atoms with E-state index >= 15 is 0 Å². The fraction of sp³-hybridized carbons (Fsp3) is 0.375. The van der Waals surface area contributed by atoms with Gasteiger partial charge in [-0.15, -0.1) is 0 Å². The molecular formula is C16H17N3O4S. The van der Waals surface area contributed by atoms with Crippen molar-refractivity contribution in [3.05, 3.63) is 51.2 Å². The number of benzene rings is 1. The smallest absolute Gasteiger partial charge is 0.335 e. The predicted octanol–water partition coefficient (Wildman–Crippen LogP) is 3.19. The van der Waals surface area contributed by atoms with Crippen LogP contribution in [0.15, 0.2) is 40.5 Å². The van der Waals surface area contributed by atoms with Crippen molar-refractivity contribution >= 4 is 28.6 Å². The molecule has 2 unspecified atom stereocenters. The molecule has 1 aromatic carbocycles. The SMILES string of the molecule is CC1=C(C(=O)O)C(c2cccc([N+](=O)[O-])c2)N2C(=N1)SCCC2C. The molecule has 8 heteroatoms. The second-order valence-electron chi connectivity index (χ2n) is 5.85. The topological polar surface area (TPSA) is 96.0 Å². The summed E-state index contributed by atoms with van der Waals surface area (Å²) in [6.45, 7) is 3.71. The Morgan fingerprint density at radius 3 is 2.92 bits per heavy atom. The van der Waals surface area contributed by atoms with Crippen LogP contribution in [-0.2, 0) is 4.79 Å². The third kappa shape index (κ3) is 2.77. The van der Waals surface area contributed by atoms with Crippen LogP contribution < -0.4 is 0 Å². The first-order chi connectivity index (χ1) is 11.4. The van der Waals surface area contributed by atoms with Gasteiger partial charge < -0.3 is 10.0 Å². The number of nitrogens with zero attached hydrogens (tertiary/aromatic N) is 3. The largest absolute Gasteiger partial charge is 0.478 e. The number of non-ortho nitro benzene ring substituents is 1. The van der Waals surface area contributed by atoms with Gasteiger partial charge in [-0.1, -0.05) is 23.9 Å². The fourth-order valence-electron chi connectivity index (χ4n) is 3.13. The summed E-state index contributed by atoms with van der Waals surface area (Å²) in [4.78, 5) is 28.9. The Bertz CT molecular complexity index is 774. The Balaban J connectivity index is 2.17. The summed E-state index contributed by atoms with van der Waals surface area (Å²) in [5, 5.41) is 21.6. The first kappa shape index (κ1) is 16.5. The number of aliphatic imine (C=N–C) groups is 1. The highest BCUT2D eigenvalue weighted by molar-refractivity contribution is 8.13. The second kappa shape index (κ2) is 6.27. The maximum atomic E-state index is 11.9. The van der Waals surface area contributed by atoms with Gasteiger partial charge in [0.05, 0.1) is 22.2 Å². The van der Waals surface area contributed by atoms with Crippen LogP contribution in [0.4, 0.5) is 5.69 Å². The van der Waals surface area contributed by atoms with Crippen molar-refractivity contribution in [3.8, 4) is 0 Å². The number of carbonyl (C=O) groups is 1. The monoisotopic (exact) mass is 347 g/mol. The van der Waals surface area contributed by atoms with Crippen molar-refractivity contribution < 1.29 is 14.8 Å². The average Bonchev–Trinajstić information content (AvgIpc) is 2.53. The molecule has 0 aromatic heterocycles. The van der Waals surface area contributed by atoms with Crippen LogP contribution in [0.3, 0.4) is 0 Å². The van der Waals surface area contributed by atoms with Crippen LogP contribution >= 0.6 is 11.8 Å². The van der Waals surface area contributed by atoms with Gasteiger partial charge in [0.25, 0.3) is 5.69 Å². The lowest BCUT2D eigenvalue weighted by Crippen LogP contribution is -2.47. The third-order valence-corrected chi connectivity index (χ3v) is 5.29. The quantitative estimate of drug-likeness (QED) is 0.666. The summed E-state index contributed by atoms with van der Waals surface area (Å²) in [7, 11) is 0. The van der Waals surface area contributed by atoms with Crippen LogP contribution in [0.5, 0.6) is 0 Å². The Morgan fingerprint density at radius 1 is 1.50 bits per heavy atom. The highest BCUT2D eigenvalue weighted by Gasteiger charge is 2.40. The van der Waals surface area contributed by atoms with E-state index in [1.807, 2.05) is 11.8 Å². The summed E-state index contributed by atoms with van der Waals surface area (Å²) in [6, 6.07) is 5.73. The number of nitro groups is 1. The molecule has 0 bridgehead atoms. The number of amidine groups is 1. The van der Waals surface area contributed by atoms with E-state index in [1.54, 1.807) is 30.8 Å². The van der Waals surface area contributed by atoms with Crippen LogP contribution in [0.1, 0.15) is 31.9 Å². The molecule has 2 atom stereocenters. The molecular weight excluding hydrogens is 330 g/mol. The highest BCUT2D eigenvalue weighted by atomic mass is 32.2. The van der Waals surface area contributed by atoms with Crippen molar-refractivity contribution in [3.63, 3.8) is 0 Å². The summed E-state index contributed by atoms with van der Waals surface area (Å²) >= 11 is 1.59. The standard InChI is InChI=1S/C16H17N3O4S/c1-9-6-7-24-16-17-10(2)13(15(20)21)14(18(9)16)11-4-3-5-12(8-11)19(22)23/h3-5,8-9,14H,6-7H2,1-2H3,(H,20,21). The Hall–Kier alpha value is -2.35. The van der Waals surface area contributed by atoms with Crippen molar-refractivity contribution in [1.29, 1.82) is 0 Å². The predicted molar refractivity (Wildman–Crippen MR) is 92.0 cm³/mol. The lowest BCUT2D eigenvalue weighted by Gasteiger charge is -2.44. The molecule has 2 aliphatic heterocycles. The number of hydrogen-bond donors (Lipinski definition) is 1. The zero-order chi connectivity index (χ0) is 17.4. The molecule has 0 spiro atoms. The van der Waals surface area contributed by atoms with Crippen LogP contribution in [0, 0.1) is 10.1 Å². The number of carboxylic acids is 1. The summed E-state index contributed by atoms with van der Waals surface area (Å²) in [5.74, 6) is -0.122. The van der Waals surface area contributed by atoms with Crippen LogP contribution in [0.25, 0.3) is 0 Å². The molecule has 1 N–H and O–H groups in total. The van der Waals surface area contributed by atoms with Gasteiger partial charge in [-0.25, -0.2) is 9.79 Å². The number of rotatable bonds is 3. The van der Waals surface area contributed by atoms with Gasteiger partial charge in [0, 0.05) is 23.9 Å². The number of thioether (sulfide) groups is 1. The molecule has 0 radical (unpaired) electrons. The lowest BCUT2D eigenvalue weighted by molar-refractivity contribution is -0.384. The van der Waals surface area contributed by atoms with Crippen LogP contribution in [-0.4, -0.2) is 37.9 Å². The number of aliphatic carboxylic acids is 1. The van der Waals surface area contributed by atoms with E-state index in [9.17, 15) is 20.0 Å². The van der Waals surface area contributed by atoms with E-state index in [4.69, 9.17) is 0 Å². The average molecular weight is 347 g/mol. The van der Waals surface area contributed by atoms with Crippen molar-refractivity contribution in [2.75, 3.05) is 5.75 Å². The zero-order valence-corrected chi connectivity index (χ0v) is 14.1. The number of hydrogen-bond acceptors (Lipinski definition) is 6. The van der Waals surface area contributed by atoms with Gasteiger partial charge >= 0.3 is 5.97 Å². The maximum absolute atomic E-state index is 11.9. The minimum atomic E-state index is -1.05. The van der Waals surface area contributed by atoms with E-state index in [2.05, 4.69) is 4.99 Å². The number of nitro benzene ring substituents is 1. The van der Waals surface area contributed by atoms with Crippen LogP contribution in [0.2, 0.25) is 0 Å². The molecule has 2 heterocycles. The number of allylic oxidation sites excluding steroid dienone is 1. The summed E-state index contributed by atoms with van der Waals surface area (Å²) < 4.78 is 0. The minimum Gasteiger partial charge on any atom is -0.478 e. The van der Waals surface area contributed by atoms with Crippen molar-refractivity contribution in [2.24, 2.45) is 4.99 Å². The Kier molecular flexibility index (Phi) is 4.31. The van der Waals surface area contributed by atoms with Gasteiger partial charge in [0.1, 0.15) is 0 Å². The molecule has 1 saturated heterocycles. The van der Waals surface area contributed by atoms with Gasteiger partial charge in [-0.3, -0.25) is 10.1 Å². The van der Waals surface area contributed by atoms with Gasteiger partial charge in [0.15, 0.2) is 5.17 Å². The second-order valence-corrected chi connectivity index (χ2v) is 6.91. The molecule has 7 nitrogen and oxygen atoms in total. The summed E-state index contributed by atoms with van der Waals surface area (Å²) in [6.07, 6.45) is 0.904. The highest BCUT2D eigenvalue weighted by Crippen LogP contribution is 2.42. The van der Waals surface area contributed by atoms with E-state index in [0.29, 0.717) is 11.3 Å². The van der Waals surface area contributed by atoms with E-state index in [0.717, 1.165) is 17.3 Å². The van der Waals surface area contributed by atoms with E-state index in [-0.39, 0.29) is 17.3 Å². The van der Waals surface area contributed by atoms with Crippen molar-refractivity contribution in [1.82, 2.24) is 4.90 Å². The Labute approximate surface area is 143 Å². The third-order valence-electron chi connectivity index (χ3n) is 4.29. The molecule has 126 valence electrons. The van der Waals surface area contributed by atoms with E-state index < -0.39 is 16.9 Å². The molecule has 1 aromatic rings. The lowest BCUT2D eigenvalue weighted by atomic mass is 9.93. The fourth-order valence-corrected chi connectivity index (χ4v) is 4.40. The maximum Gasteiger partial charge on any atom is 0.335 e. The van der Waals surface area contributed by atoms with Gasteiger partial charge in [-0.2, -0.15) is 0 Å². The molecule has 0 aliphatic carbocycles. The molecule has 24 heavy (non-hydrogen) atoms. The minimum absolute atomic E-state index is 0.0451. The molecule has 0 saturated carbocycles. The molecule has 0 amide bonds. The first-order valence-electron chi connectivity index (χ1n) is 7.58. The molecule has 3 rings (SSSR count). The van der Waals surface area contributed by atoms with E-state index in [1.165, 1.54) is 12.1 Å². The zero-order valence-electron chi connectivity index (χ0n) is 13.3. The van der Waals surface area contributed by atoms with Gasteiger partial charge in [0.2, 0.25) is 0 Å². The molecule has 1 fully saturated rings. The summed E-state index contributed by atoms with van der Waals surface area (Å²) in [5.41, 5.74) is 1.18. The Morgan fingerprint density at radius 2 is 2.25 bits per heavy atom. The number of carboxylic acid groups (broad SMARTS) is 1. The molecule has 2 aliphatic rings.